The van der Waals surface area contributed by atoms with Crippen LogP contribution in [0.3, 0.4) is 0 Å². The first kappa shape index (κ1) is 16.9. The van der Waals surface area contributed by atoms with E-state index in [4.69, 9.17) is 0 Å². The third-order valence-electron chi connectivity index (χ3n) is 5.09. The lowest BCUT2D eigenvalue weighted by Crippen LogP contribution is -2.49. The van der Waals surface area contributed by atoms with Gasteiger partial charge in [0.15, 0.2) is 0 Å². The first-order chi connectivity index (χ1) is 11.2. The van der Waals surface area contributed by atoms with Crippen molar-refractivity contribution in [1.29, 1.82) is 0 Å². The van der Waals surface area contributed by atoms with Gasteiger partial charge in [-0.15, -0.1) is 0 Å². The zero-order chi connectivity index (χ0) is 16.1. The zero-order valence-electron chi connectivity index (χ0n) is 14.5. The van der Waals surface area contributed by atoms with Crippen molar-refractivity contribution in [3.63, 3.8) is 0 Å². The van der Waals surface area contributed by atoms with E-state index in [1.807, 2.05) is 0 Å². The Hall–Kier alpha value is -0.940. The largest absolute Gasteiger partial charge is 0.390 e. The van der Waals surface area contributed by atoms with Crippen LogP contribution in [0.4, 0.5) is 0 Å². The molecular weight excluding hydrogens is 286 g/mol. The van der Waals surface area contributed by atoms with Gasteiger partial charge < -0.3 is 10.0 Å². The molecular formula is C19H31N3O. The second-order valence-corrected chi connectivity index (χ2v) is 7.23. The van der Waals surface area contributed by atoms with Crippen LogP contribution in [0.15, 0.2) is 24.3 Å². The molecule has 0 spiro atoms. The van der Waals surface area contributed by atoms with Crippen LogP contribution < -0.4 is 0 Å². The van der Waals surface area contributed by atoms with E-state index in [-0.39, 0.29) is 6.10 Å². The van der Waals surface area contributed by atoms with Gasteiger partial charge in [0.05, 0.1) is 6.10 Å². The summed E-state index contributed by atoms with van der Waals surface area (Å²) < 4.78 is 0. The van der Waals surface area contributed by atoms with Crippen LogP contribution in [0, 0.1) is 6.92 Å². The number of nitrogens with zero attached hydrogens (tertiary/aromatic N) is 3. The zero-order valence-corrected chi connectivity index (χ0v) is 14.5. The number of hydrogen-bond donors (Lipinski definition) is 1. The molecule has 23 heavy (non-hydrogen) atoms. The molecule has 2 saturated heterocycles. The summed E-state index contributed by atoms with van der Waals surface area (Å²) in [6.07, 6.45) is 2.39. The second-order valence-electron chi connectivity index (χ2n) is 7.23. The van der Waals surface area contributed by atoms with Gasteiger partial charge in [0.2, 0.25) is 0 Å². The molecule has 0 aliphatic carbocycles. The molecule has 128 valence electrons. The Balaban J connectivity index is 1.38. The molecule has 1 atom stereocenters. The van der Waals surface area contributed by atoms with Crippen LogP contribution in [0.1, 0.15) is 24.0 Å². The summed E-state index contributed by atoms with van der Waals surface area (Å²) in [5.74, 6) is 0. The van der Waals surface area contributed by atoms with Crippen molar-refractivity contribution in [2.24, 2.45) is 0 Å². The van der Waals surface area contributed by atoms with Crippen molar-refractivity contribution in [3.05, 3.63) is 35.4 Å². The van der Waals surface area contributed by atoms with Crippen molar-refractivity contribution in [2.45, 2.75) is 32.4 Å². The number of hydrogen-bond acceptors (Lipinski definition) is 4. The van der Waals surface area contributed by atoms with Crippen molar-refractivity contribution in [2.75, 3.05) is 52.4 Å². The molecule has 2 fully saturated rings. The summed E-state index contributed by atoms with van der Waals surface area (Å²) in [5.41, 5.74) is 2.75. The molecule has 0 aromatic heterocycles. The molecule has 0 amide bonds. The fourth-order valence-corrected chi connectivity index (χ4v) is 3.82. The molecule has 1 aromatic carbocycles. The van der Waals surface area contributed by atoms with E-state index >= 15 is 0 Å². The van der Waals surface area contributed by atoms with Gasteiger partial charge in [-0.3, -0.25) is 9.80 Å². The van der Waals surface area contributed by atoms with Gasteiger partial charge in [-0.05, 0) is 38.4 Å². The highest BCUT2D eigenvalue weighted by atomic mass is 16.3. The van der Waals surface area contributed by atoms with Gasteiger partial charge >= 0.3 is 0 Å². The van der Waals surface area contributed by atoms with Crippen molar-refractivity contribution < 1.29 is 5.11 Å². The quantitative estimate of drug-likeness (QED) is 0.863. The lowest BCUT2D eigenvalue weighted by molar-refractivity contribution is 0.0534. The fraction of sp³-hybridized carbons (Fsp3) is 0.684. The third kappa shape index (κ3) is 5.28. The van der Waals surface area contributed by atoms with E-state index in [0.717, 1.165) is 45.8 Å². The van der Waals surface area contributed by atoms with Gasteiger partial charge in [0, 0.05) is 45.8 Å². The number of aryl methyl sites for hydroxylation is 1. The summed E-state index contributed by atoms with van der Waals surface area (Å²) in [6.45, 7) is 11.6. The molecule has 2 heterocycles. The Bertz CT molecular complexity index is 479. The number of aliphatic hydroxyl groups excluding tert-OH is 1. The van der Waals surface area contributed by atoms with Crippen LogP contribution in [0.2, 0.25) is 0 Å². The Labute approximate surface area is 140 Å². The highest BCUT2D eigenvalue weighted by Gasteiger charge is 2.21. The number of piperazine rings is 1. The van der Waals surface area contributed by atoms with E-state index < -0.39 is 0 Å². The van der Waals surface area contributed by atoms with Crippen molar-refractivity contribution in [3.8, 4) is 0 Å². The minimum atomic E-state index is -0.198. The summed E-state index contributed by atoms with van der Waals surface area (Å²) in [6, 6.07) is 8.81. The highest BCUT2D eigenvalue weighted by molar-refractivity contribution is 5.22. The molecule has 2 aliphatic rings. The van der Waals surface area contributed by atoms with Crippen LogP contribution in [0.25, 0.3) is 0 Å². The van der Waals surface area contributed by atoms with E-state index in [1.54, 1.807) is 0 Å². The summed E-state index contributed by atoms with van der Waals surface area (Å²) in [4.78, 5) is 7.35. The number of benzene rings is 1. The molecule has 0 bridgehead atoms. The fourth-order valence-electron chi connectivity index (χ4n) is 3.82. The average Bonchev–Trinajstić information content (AvgIpc) is 3.02. The number of β-amino-alcohol motifs (C(OH)–C–C–N with tert-alkyl or cyclic N) is 1. The maximum atomic E-state index is 10.3. The molecule has 0 radical (unpaired) electrons. The topological polar surface area (TPSA) is 30.0 Å². The predicted molar refractivity (Wildman–Crippen MR) is 94.6 cm³/mol. The summed E-state index contributed by atoms with van der Waals surface area (Å²) in [7, 11) is 0. The van der Waals surface area contributed by atoms with Crippen LogP contribution in [-0.4, -0.2) is 78.3 Å². The first-order valence-corrected chi connectivity index (χ1v) is 9.10. The monoisotopic (exact) mass is 317 g/mol. The van der Waals surface area contributed by atoms with Gasteiger partial charge in [-0.25, -0.2) is 0 Å². The lowest BCUT2D eigenvalue weighted by atomic mass is 10.1. The molecule has 1 N–H and O–H groups in total. The Morgan fingerprint density at radius 2 is 1.52 bits per heavy atom. The van der Waals surface area contributed by atoms with E-state index in [0.29, 0.717) is 0 Å². The van der Waals surface area contributed by atoms with Gasteiger partial charge in [0.25, 0.3) is 0 Å². The summed E-state index contributed by atoms with van der Waals surface area (Å²) >= 11 is 0. The van der Waals surface area contributed by atoms with Crippen LogP contribution >= 0.6 is 0 Å². The first-order valence-electron chi connectivity index (χ1n) is 9.10. The van der Waals surface area contributed by atoms with Gasteiger partial charge in [-0.1, -0.05) is 29.8 Å². The lowest BCUT2D eigenvalue weighted by Gasteiger charge is -2.36. The Kier molecular flexibility index (Phi) is 6.06. The second kappa shape index (κ2) is 8.25. The van der Waals surface area contributed by atoms with Gasteiger partial charge in [0.1, 0.15) is 0 Å². The molecule has 3 rings (SSSR count). The van der Waals surface area contributed by atoms with Crippen LogP contribution in [-0.2, 0) is 6.54 Å². The maximum Gasteiger partial charge on any atom is 0.0793 e. The number of aliphatic hydroxyl groups is 1. The number of likely N-dealkylation sites (tertiary alicyclic amines) is 1. The maximum absolute atomic E-state index is 10.3. The molecule has 0 unspecified atom stereocenters. The standard InChI is InChI=1S/C19H31N3O/c1-17-5-4-6-18(13-17)14-21-9-11-22(12-10-21)16-19(23)15-20-7-2-3-8-20/h4-6,13,19,23H,2-3,7-12,14-16H2,1H3/t19-/m0/s1. The smallest absolute Gasteiger partial charge is 0.0793 e. The SMILES string of the molecule is Cc1cccc(CN2CCN(C[C@@H](O)CN3CCCC3)CC2)c1. The molecule has 4 nitrogen and oxygen atoms in total. The molecule has 4 heteroatoms. The van der Waals surface area contributed by atoms with Gasteiger partial charge in [-0.2, -0.15) is 0 Å². The minimum absolute atomic E-state index is 0.198. The van der Waals surface area contributed by atoms with Crippen molar-refractivity contribution >= 4 is 0 Å². The normalized spacial score (nSPS) is 22.5. The third-order valence-corrected chi connectivity index (χ3v) is 5.09. The molecule has 1 aromatic rings. The number of rotatable bonds is 6. The predicted octanol–water partition coefficient (Wildman–Crippen LogP) is 1.57. The Morgan fingerprint density at radius 1 is 0.913 bits per heavy atom. The molecule has 2 aliphatic heterocycles. The van der Waals surface area contributed by atoms with E-state index in [2.05, 4.69) is 45.9 Å². The highest BCUT2D eigenvalue weighted by Crippen LogP contribution is 2.12. The Morgan fingerprint density at radius 3 is 2.17 bits per heavy atom. The van der Waals surface area contributed by atoms with Crippen molar-refractivity contribution in [1.82, 2.24) is 14.7 Å². The minimum Gasteiger partial charge on any atom is -0.390 e. The van der Waals surface area contributed by atoms with E-state index in [1.165, 1.54) is 37.1 Å². The molecule has 0 saturated carbocycles. The van der Waals surface area contributed by atoms with Crippen LogP contribution in [0.5, 0.6) is 0 Å². The summed E-state index contributed by atoms with van der Waals surface area (Å²) in [5, 5.41) is 10.3. The van der Waals surface area contributed by atoms with E-state index in [9.17, 15) is 5.11 Å². The average molecular weight is 317 g/mol.